The third kappa shape index (κ3) is 3.93. The normalized spacial score (nSPS) is 32.0. The lowest BCUT2D eigenvalue weighted by Crippen LogP contribution is -2.52. The third-order valence-corrected chi connectivity index (χ3v) is 4.71. The summed E-state index contributed by atoms with van der Waals surface area (Å²) in [6.45, 7) is 3.07. The van der Waals surface area contributed by atoms with Crippen LogP contribution in [0.15, 0.2) is 0 Å². The van der Waals surface area contributed by atoms with E-state index in [-0.39, 0.29) is 11.8 Å². The summed E-state index contributed by atoms with van der Waals surface area (Å²) in [6.07, 6.45) is 7.35. The number of carbonyl (C=O) groups excluding carboxylic acids is 1. The average molecular weight is 283 g/mol. The Morgan fingerprint density at radius 3 is 2.85 bits per heavy atom. The second-order valence-electron chi connectivity index (χ2n) is 6.04. The number of ether oxygens (including phenoxy) is 1. The van der Waals surface area contributed by atoms with Crippen molar-refractivity contribution in [2.24, 2.45) is 11.7 Å². The number of nitrogens with zero attached hydrogens (tertiary/aromatic N) is 1. The maximum atomic E-state index is 12.1. The molecule has 5 heteroatoms. The van der Waals surface area contributed by atoms with Gasteiger partial charge in [-0.25, -0.2) is 0 Å². The first-order valence-corrected chi connectivity index (χ1v) is 8.01. The molecule has 2 rings (SSSR count). The van der Waals surface area contributed by atoms with E-state index in [1.54, 1.807) is 0 Å². The summed E-state index contributed by atoms with van der Waals surface area (Å²) in [6, 6.07) is 0.499. The standard InChI is InChI=1S/C15H29N3O2/c1-20-14-7-3-2-6-13(14)18-10-4-5-12(11-18)15(19)17-9-8-16/h12-14H,2-11,16H2,1H3,(H,17,19). The largest absolute Gasteiger partial charge is 0.380 e. The average Bonchev–Trinajstić information content (AvgIpc) is 2.52. The zero-order valence-electron chi connectivity index (χ0n) is 12.6. The van der Waals surface area contributed by atoms with E-state index in [1.807, 2.05) is 7.11 Å². The van der Waals surface area contributed by atoms with Gasteiger partial charge in [0, 0.05) is 32.8 Å². The van der Waals surface area contributed by atoms with Crippen LogP contribution in [0.25, 0.3) is 0 Å². The molecule has 2 fully saturated rings. The zero-order valence-corrected chi connectivity index (χ0v) is 12.6. The second kappa shape index (κ2) is 7.96. The fourth-order valence-electron chi connectivity index (χ4n) is 3.63. The Balaban J connectivity index is 1.90. The van der Waals surface area contributed by atoms with Crippen molar-refractivity contribution in [3.8, 4) is 0 Å². The molecule has 3 unspecified atom stereocenters. The summed E-state index contributed by atoms with van der Waals surface area (Å²) in [5, 5.41) is 2.93. The van der Waals surface area contributed by atoms with Gasteiger partial charge in [0.05, 0.1) is 12.0 Å². The van der Waals surface area contributed by atoms with Crippen molar-refractivity contribution >= 4 is 5.91 Å². The van der Waals surface area contributed by atoms with Gasteiger partial charge in [0.2, 0.25) is 5.91 Å². The Bertz CT molecular complexity index is 311. The van der Waals surface area contributed by atoms with Crippen LogP contribution in [0.1, 0.15) is 38.5 Å². The van der Waals surface area contributed by atoms with E-state index in [2.05, 4.69) is 10.2 Å². The summed E-state index contributed by atoms with van der Waals surface area (Å²) in [5.74, 6) is 0.291. The molecular weight excluding hydrogens is 254 g/mol. The molecule has 5 nitrogen and oxygen atoms in total. The van der Waals surface area contributed by atoms with E-state index in [4.69, 9.17) is 10.5 Å². The van der Waals surface area contributed by atoms with Gasteiger partial charge in [-0.2, -0.15) is 0 Å². The van der Waals surface area contributed by atoms with E-state index in [9.17, 15) is 4.79 Å². The number of hydrogen-bond donors (Lipinski definition) is 2. The van der Waals surface area contributed by atoms with E-state index in [0.29, 0.717) is 25.2 Å². The maximum absolute atomic E-state index is 12.1. The number of likely N-dealkylation sites (tertiary alicyclic amines) is 1. The Morgan fingerprint density at radius 2 is 2.10 bits per heavy atom. The highest BCUT2D eigenvalue weighted by molar-refractivity contribution is 5.78. The van der Waals surface area contributed by atoms with Gasteiger partial charge in [-0.1, -0.05) is 12.8 Å². The quantitative estimate of drug-likeness (QED) is 0.780. The van der Waals surface area contributed by atoms with Crippen molar-refractivity contribution < 1.29 is 9.53 Å². The van der Waals surface area contributed by atoms with Crippen LogP contribution in [-0.4, -0.2) is 56.2 Å². The number of methoxy groups -OCH3 is 1. The molecule has 20 heavy (non-hydrogen) atoms. The molecule has 2 aliphatic rings. The van der Waals surface area contributed by atoms with E-state index in [1.165, 1.54) is 19.3 Å². The molecule has 0 radical (unpaired) electrons. The summed E-state index contributed by atoms with van der Waals surface area (Å²) >= 11 is 0. The third-order valence-electron chi connectivity index (χ3n) is 4.71. The highest BCUT2D eigenvalue weighted by Gasteiger charge is 2.34. The van der Waals surface area contributed by atoms with Crippen molar-refractivity contribution in [2.45, 2.75) is 50.7 Å². The van der Waals surface area contributed by atoms with Gasteiger partial charge in [0.25, 0.3) is 0 Å². The molecule has 0 bridgehead atoms. The lowest BCUT2D eigenvalue weighted by molar-refractivity contribution is -0.127. The summed E-state index contributed by atoms with van der Waals surface area (Å²) in [7, 11) is 1.82. The molecule has 1 aliphatic heterocycles. The lowest BCUT2D eigenvalue weighted by atomic mass is 9.88. The Morgan fingerprint density at radius 1 is 1.30 bits per heavy atom. The van der Waals surface area contributed by atoms with Crippen LogP contribution in [-0.2, 0) is 9.53 Å². The Hall–Kier alpha value is -0.650. The van der Waals surface area contributed by atoms with Crippen LogP contribution in [0.3, 0.4) is 0 Å². The smallest absolute Gasteiger partial charge is 0.224 e. The molecule has 0 aromatic rings. The minimum absolute atomic E-state index is 0.120. The zero-order chi connectivity index (χ0) is 14.4. The van der Waals surface area contributed by atoms with Crippen molar-refractivity contribution in [1.29, 1.82) is 0 Å². The number of nitrogens with one attached hydrogen (secondary N) is 1. The number of piperidine rings is 1. The molecule has 1 heterocycles. The first kappa shape index (κ1) is 15.7. The molecule has 1 saturated carbocycles. The van der Waals surface area contributed by atoms with E-state index < -0.39 is 0 Å². The summed E-state index contributed by atoms with van der Waals surface area (Å²) in [5.41, 5.74) is 5.45. The van der Waals surface area contributed by atoms with Crippen LogP contribution >= 0.6 is 0 Å². The molecule has 0 aromatic carbocycles. The van der Waals surface area contributed by atoms with Gasteiger partial charge in [0.1, 0.15) is 0 Å². The molecule has 3 atom stereocenters. The van der Waals surface area contributed by atoms with Crippen LogP contribution < -0.4 is 11.1 Å². The molecule has 0 aromatic heterocycles. The molecular formula is C15H29N3O2. The second-order valence-corrected chi connectivity index (χ2v) is 6.04. The van der Waals surface area contributed by atoms with Gasteiger partial charge >= 0.3 is 0 Å². The molecule has 116 valence electrons. The van der Waals surface area contributed by atoms with Gasteiger partial charge in [-0.05, 0) is 32.2 Å². The topological polar surface area (TPSA) is 67.6 Å². The van der Waals surface area contributed by atoms with E-state index in [0.717, 1.165) is 32.4 Å². The Labute approximate surface area is 122 Å². The van der Waals surface area contributed by atoms with E-state index >= 15 is 0 Å². The lowest BCUT2D eigenvalue weighted by Gasteiger charge is -2.42. The fourth-order valence-corrected chi connectivity index (χ4v) is 3.63. The van der Waals surface area contributed by atoms with Gasteiger partial charge in [-0.15, -0.1) is 0 Å². The van der Waals surface area contributed by atoms with Crippen molar-refractivity contribution in [3.05, 3.63) is 0 Å². The monoisotopic (exact) mass is 283 g/mol. The number of amides is 1. The van der Waals surface area contributed by atoms with Gasteiger partial charge in [0.15, 0.2) is 0 Å². The number of carbonyl (C=O) groups is 1. The SMILES string of the molecule is COC1CCCCC1N1CCCC(C(=O)NCCN)C1. The molecule has 3 N–H and O–H groups in total. The molecule has 0 spiro atoms. The minimum atomic E-state index is 0.120. The van der Waals surface area contributed by atoms with Crippen molar-refractivity contribution in [1.82, 2.24) is 10.2 Å². The van der Waals surface area contributed by atoms with Gasteiger partial charge < -0.3 is 15.8 Å². The first-order chi connectivity index (χ1) is 9.76. The molecule has 1 aliphatic carbocycles. The minimum Gasteiger partial charge on any atom is -0.380 e. The van der Waals surface area contributed by atoms with Crippen molar-refractivity contribution in [3.63, 3.8) is 0 Å². The number of nitrogens with two attached hydrogens (primary N) is 1. The highest BCUT2D eigenvalue weighted by atomic mass is 16.5. The highest BCUT2D eigenvalue weighted by Crippen LogP contribution is 2.29. The first-order valence-electron chi connectivity index (χ1n) is 8.01. The number of hydrogen-bond acceptors (Lipinski definition) is 4. The van der Waals surface area contributed by atoms with Crippen molar-refractivity contribution in [2.75, 3.05) is 33.3 Å². The predicted molar refractivity (Wildman–Crippen MR) is 79.4 cm³/mol. The summed E-state index contributed by atoms with van der Waals surface area (Å²) < 4.78 is 5.66. The number of rotatable bonds is 5. The molecule has 1 saturated heterocycles. The Kier molecular flexibility index (Phi) is 6.26. The van der Waals surface area contributed by atoms with Gasteiger partial charge in [-0.3, -0.25) is 9.69 Å². The van der Waals surface area contributed by atoms with Crippen LogP contribution in [0.4, 0.5) is 0 Å². The van der Waals surface area contributed by atoms with Crippen LogP contribution in [0.5, 0.6) is 0 Å². The molecule has 1 amide bonds. The van der Waals surface area contributed by atoms with Crippen LogP contribution in [0, 0.1) is 5.92 Å². The fraction of sp³-hybridized carbons (Fsp3) is 0.933. The van der Waals surface area contributed by atoms with Crippen LogP contribution in [0.2, 0.25) is 0 Å². The maximum Gasteiger partial charge on any atom is 0.224 e. The summed E-state index contributed by atoms with van der Waals surface area (Å²) in [4.78, 5) is 14.6. The predicted octanol–water partition coefficient (Wildman–Crippen LogP) is 0.731.